The van der Waals surface area contributed by atoms with Crippen molar-refractivity contribution >= 4 is 23.4 Å². The molecule has 2 N–H and O–H groups in total. The normalized spacial score (nSPS) is 10.3. The number of amides is 2. The molecule has 0 spiro atoms. The molecule has 0 radical (unpaired) electrons. The Morgan fingerprint density at radius 2 is 1.78 bits per heavy atom. The third kappa shape index (κ3) is 5.41. The Bertz CT molecular complexity index is 667. The molecule has 6 nitrogen and oxygen atoms in total. The zero-order valence-corrected chi connectivity index (χ0v) is 13.5. The number of nitrogens with zero attached hydrogens (tertiary/aromatic N) is 1. The van der Waals surface area contributed by atoms with Crippen molar-refractivity contribution < 1.29 is 14.1 Å². The maximum absolute atomic E-state index is 12.0. The van der Waals surface area contributed by atoms with Crippen molar-refractivity contribution in [2.75, 3.05) is 13.1 Å². The van der Waals surface area contributed by atoms with Gasteiger partial charge in [0.2, 0.25) is 5.91 Å². The van der Waals surface area contributed by atoms with E-state index in [0.29, 0.717) is 23.9 Å². The molecule has 7 heteroatoms. The number of hydrogen-bond acceptors (Lipinski definition) is 4. The van der Waals surface area contributed by atoms with Crippen LogP contribution in [-0.4, -0.2) is 30.1 Å². The molecule has 1 aromatic carbocycles. The SMILES string of the molecule is CC(=O)NCCCCNC(=O)c1cc(-c2ccc(Cl)cc2)on1. The van der Waals surface area contributed by atoms with Gasteiger partial charge in [-0.2, -0.15) is 0 Å². The molecular weight excluding hydrogens is 318 g/mol. The monoisotopic (exact) mass is 335 g/mol. The van der Waals surface area contributed by atoms with Crippen LogP contribution in [0.15, 0.2) is 34.9 Å². The fourth-order valence-corrected chi connectivity index (χ4v) is 2.07. The lowest BCUT2D eigenvalue weighted by Crippen LogP contribution is -2.26. The summed E-state index contributed by atoms with van der Waals surface area (Å²) in [6, 6.07) is 8.68. The molecule has 0 unspecified atom stereocenters. The van der Waals surface area contributed by atoms with Crippen LogP contribution in [-0.2, 0) is 4.79 Å². The first-order valence-electron chi connectivity index (χ1n) is 7.31. The molecule has 0 fully saturated rings. The second kappa shape index (κ2) is 8.33. The lowest BCUT2D eigenvalue weighted by atomic mass is 10.1. The van der Waals surface area contributed by atoms with Crippen molar-refractivity contribution in [3.63, 3.8) is 0 Å². The maximum Gasteiger partial charge on any atom is 0.273 e. The smallest absolute Gasteiger partial charge is 0.273 e. The number of unbranched alkanes of at least 4 members (excludes halogenated alkanes) is 1. The summed E-state index contributed by atoms with van der Waals surface area (Å²) in [6.07, 6.45) is 1.57. The zero-order chi connectivity index (χ0) is 16.7. The highest BCUT2D eigenvalue weighted by atomic mass is 35.5. The first kappa shape index (κ1) is 17.0. The number of halogens is 1. The molecule has 0 saturated carbocycles. The summed E-state index contributed by atoms with van der Waals surface area (Å²) in [7, 11) is 0. The van der Waals surface area contributed by atoms with Gasteiger partial charge < -0.3 is 15.2 Å². The molecule has 0 atom stereocenters. The summed E-state index contributed by atoms with van der Waals surface area (Å²) in [5.74, 6) is 0.178. The maximum atomic E-state index is 12.0. The Hall–Kier alpha value is -2.34. The van der Waals surface area contributed by atoms with E-state index in [1.54, 1.807) is 30.3 Å². The quantitative estimate of drug-likeness (QED) is 0.762. The zero-order valence-electron chi connectivity index (χ0n) is 12.8. The molecule has 0 aliphatic carbocycles. The van der Waals surface area contributed by atoms with Crippen LogP contribution in [0.4, 0.5) is 0 Å². The Labute approximate surface area is 139 Å². The van der Waals surface area contributed by atoms with Crippen LogP contribution < -0.4 is 10.6 Å². The molecule has 122 valence electrons. The summed E-state index contributed by atoms with van der Waals surface area (Å²) in [6.45, 7) is 2.60. The highest BCUT2D eigenvalue weighted by Crippen LogP contribution is 2.22. The Kier molecular flexibility index (Phi) is 6.17. The van der Waals surface area contributed by atoms with Crippen LogP contribution in [0.1, 0.15) is 30.3 Å². The minimum Gasteiger partial charge on any atom is -0.356 e. The van der Waals surface area contributed by atoms with Gasteiger partial charge >= 0.3 is 0 Å². The molecule has 2 amide bonds. The predicted molar refractivity (Wildman–Crippen MR) is 87.2 cm³/mol. The second-order valence-corrected chi connectivity index (χ2v) is 5.47. The van der Waals surface area contributed by atoms with Gasteiger partial charge in [0.05, 0.1) is 0 Å². The predicted octanol–water partition coefficient (Wildman–Crippen LogP) is 2.64. The van der Waals surface area contributed by atoms with E-state index in [1.165, 1.54) is 6.92 Å². The van der Waals surface area contributed by atoms with Crippen molar-refractivity contribution in [1.29, 1.82) is 0 Å². The lowest BCUT2D eigenvalue weighted by molar-refractivity contribution is -0.118. The van der Waals surface area contributed by atoms with Crippen LogP contribution in [0.25, 0.3) is 11.3 Å². The molecular formula is C16H18ClN3O3. The van der Waals surface area contributed by atoms with E-state index < -0.39 is 0 Å². The number of carbonyl (C=O) groups excluding carboxylic acids is 2. The fraction of sp³-hybridized carbons (Fsp3) is 0.312. The van der Waals surface area contributed by atoms with E-state index >= 15 is 0 Å². The van der Waals surface area contributed by atoms with Crippen LogP contribution in [0, 0.1) is 0 Å². The molecule has 1 aromatic heterocycles. The molecule has 2 aromatic rings. The Morgan fingerprint density at radius 3 is 2.43 bits per heavy atom. The number of rotatable bonds is 7. The van der Waals surface area contributed by atoms with Gasteiger partial charge in [-0.25, -0.2) is 0 Å². The van der Waals surface area contributed by atoms with Crippen LogP contribution in [0.3, 0.4) is 0 Å². The van der Waals surface area contributed by atoms with E-state index in [1.807, 2.05) is 0 Å². The first-order chi connectivity index (χ1) is 11.1. The van der Waals surface area contributed by atoms with Crippen molar-refractivity contribution in [2.24, 2.45) is 0 Å². The van der Waals surface area contributed by atoms with Crippen molar-refractivity contribution in [3.05, 3.63) is 41.0 Å². The molecule has 0 aliphatic rings. The number of nitrogens with one attached hydrogen (secondary N) is 2. The minimum atomic E-state index is -0.284. The number of benzene rings is 1. The summed E-state index contributed by atoms with van der Waals surface area (Å²) in [5, 5.41) is 9.87. The van der Waals surface area contributed by atoms with Gasteiger partial charge in [-0.05, 0) is 37.1 Å². The first-order valence-corrected chi connectivity index (χ1v) is 7.69. The van der Waals surface area contributed by atoms with E-state index in [0.717, 1.165) is 18.4 Å². The van der Waals surface area contributed by atoms with Crippen molar-refractivity contribution in [3.8, 4) is 11.3 Å². The Morgan fingerprint density at radius 1 is 1.13 bits per heavy atom. The third-order valence-corrected chi connectivity index (χ3v) is 3.39. The topological polar surface area (TPSA) is 84.2 Å². The third-order valence-electron chi connectivity index (χ3n) is 3.13. The van der Waals surface area contributed by atoms with Gasteiger partial charge in [-0.1, -0.05) is 16.8 Å². The average Bonchev–Trinajstić information content (AvgIpc) is 3.01. The van der Waals surface area contributed by atoms with E-state index in [9.17, 15) is 9.59 Å². The summed E-state index contributed by atoms with van der Waals surface area (Å²) < 4.78 is 5.18. The van der Waals surface area contributed by atoms with E-state index in [2.05, 4.69) is 15.8 Å². The van der Waals surface area contributed by atoms with Gasteiger partial charge in [0.15, 0.2) is 11.5 Å². The molecule has 0 saturated heterocycles. The number of aromatic nitrogens is 1. The van der Waals surface area contributed by atoms with Crippen molar-refractivity contribution in [1.82, 2.24) is 15.8 Å². The summed E-state index contributed by atoms with van der Waals surface area (Å²) in [4.78, 5) is 22.7. The van der Waals surface area contributed by atoms with Crippen LogP contribution >= 0.6 is 11.6 Å². The number of hydrogen-bond donors (Lipinski definition) is 2. The van der Waals surface area contributed by atoms with Gasteiger partial charge in [-0.3, -0.25) is 9.59 Å². The van der Waals surface area contributed by atoms with Crippen molar-refractivity contribution in [2.45, 2.75) is 19.8 Å². The van der Waals surface area contributed by atoms with Crippen LogP contribution in [0.2, 0.25) is 5.02 Å². The minimum absolute atomic E-state index is 0.0497. The molecule has 23 heavy (non-hydrogen) atoms. The van der Waals surface area contributed by atoms with Gasteiger partial charge in [0, 0.05) is 36.7 Å². The molecule has 0 bridgehead atoms. The molecule has 1 heterocycles. The van der Waals surface area contributed by atoms with E-state index in [-0.39, 0.29) is 17.5 Å². The lowest BCUT2D eigenvalue weighted by Gasteiger charge is -2.03. The van der Waals surface area contributed by atoms with Gasteiger partial charge in [-0.15, -0.1) is 0 Å². The highest BCUT2D eigenvalue weighted by molar-refractivity contribution is 6.30. The fourth-order valence-electron chi connectivity index (χ4n) is 1.94. The summed E-state index contributed by atoms with van der Waals surface area (Å²) in [5.41, 5.74) is 1.04. The summed E-state index contributed by atoms with van der Waals surface area (Å²) >= 11 is 5.83. The average molecular weight is 336 g/mol. The highest BCUT2D eigenvalue weighted by Gasteiger charge is 2.13. The van der Waals surface area contributed by atoms with Gasteiger partial charge in [0.1, 0.15) is 0 Å². The second-order valence-electron chi connectivity index (χ2n) is 5.03. The molecule has 2 rings (SSSR count). The molecule has 0 aliphatic heterocycles. The standard InChI is InChI=1S/C16H18ClN3O3/c1-11(21)18-8-2-3-9-19-16(22)14-10-15(23-20-14)12-4-6-13(17)7-5-12/h4-7,10H,2-3,8-9H2,1H3,(H,18,21)(H,19,22). The van der Waals surface area contributed by atoms with E-state index in [4.69, 9.17) is 16.1 Å². The van der Waals surface area contributed by atoms with Crippen LogP contribution in [0.5, 0.6) is 0 Å². The number of carbonyl (C=O) groups is 2. The Balaban J connectivity index is 1.79. The van der Waals surface area contributed by atoms with Gasteiger partial charge in [0.25, 0.3) is 5.91 Å². The largest absolute Gasteiger partial charge is 0.356 e.